The molecule has 0 radical (unpaired) electrons. The van der Waals surface area contributed by atoms with E-state index in [9.17, 15) is 4.79 Å². The minimum absolute atomic E-state index is 0.198. The molecule has 0 saturated heterocycles. The van der Waals surface area contributed by atoms with Gasteiger partial charge in [-0.2, -0.15) is 0 Å². The summed E-state index contributed by atoms with van der Waals surface area (Å²) in [5.41, 5.74) is 4.73. The van der Waals surface area contributed by atoms with Crippen LogP contribution in [-0.4, -0.2) is 39.1 Å². The number of hydrogen-bond donors (Lipinski definition) is 1. The van der Waals surface area contributed by atoms with E-state index in [2.05, 4.69) is 4.74 Å². The summed E-state index contributed by atoms with van der Waals surface area (Å²) in [6.07, 6.45) is 0.232. The Morgan fingerprint density at radius 1 is 1.08 bits per heavy atom. The molecule has 0 heterocycles. The van der Waals surface area contributed by atoms with E-state index in [0.717, 1.165) is 13.0 Å². The average Bonchev–Trinajstić information content (AvgIpc) is 2.09. The summed E-state index contributed by atoms with van der Waals surface area (Å²) in [6, 6.07) is 0. The Balaban J connectivity index is 2.87. The van der Waals surface area contributed by atoms with Gasteiger partial charge in [0, 0.05) is 6.61 Å². The number of hydrogen-bond acceptors (Lipinski definition) is 4. The molecule has 0 unspecified atom stereocenters. The Kier molecular flexibility index (Phi) is 8.70. The lowest BCUT2D eigenvalue weighted by molar-refractivity contribution is 0.0295. The van der Waals surface area contributed by atoms with Gasteiger partial charge in [0.15, 0.2) is 0 Å². The van der Waals surface area contributed by atoms with Gasteiger partial charge in [0.1, 0.15) is 6.61 Å². The van der Waals surface area contributed by atoms with Gasteiger partial charge in [0.05, 0.1) is 19.8 Å². The maximum Gasteiger partial charge on any atom is 0.404 e. The maximum absolute atomic E-state index is 10.1. The van der Waals surface area contributed by atoms with Gasteiger partial charge in [-0.25, -0.2) is 4.79 Å². The van der Waals surface area contributed by atoms with Crippen molar-refractivity contribution >= 4 is 6.09 Å². The molecule has 0 aliphatic rings. The fraction of sp³-hybridized carbons (Fsp3) is 0.875. The summed E-state index contributed by atoms with van der Waals surface area (Å²) in [5.74, 6) is 0. The van der Waals surface area contributed by atoms with Crippen molar-refractivity contribution in [2.24, 2.45) is 5.73 Å². The zero-order valence-corrected chi connectivity index (χ0v) is 7.95. The SMILES string of the molecule is CCCOCCOCCOC(N)=O. The first-order valence-corrected chi connectivity index (χ1v) is 4.35. The Morgan fingerprint density at radius 3 is 2.15 bits per heavy atom. The highest BCUT2D eigenvalue weighted by Crippen LogP contribution is 1.82. The van der Waals surface area contributed by atoms with Crippen molar-refractivity contribution in [3.8, 4) is 0 Å². The van der Waals surface area contributed by atoms with Crippen LogP contribution in [0.5, 0.6) is 0 Å². The average molecular weight is 191 g/mol. The summed E-state index contributed by atoms with van der Waals surface area (Å²) in [7, 11) is 0. The fourth-order valence-electron chi connectivity index (χ4n) is 0.667. The van der Waals surface area contributed by atoms with Crippen molar-refractivity contribution in [2.45, 2.75) is 13.3 Å². The number of carbonyl (C=O) groups excluding carboxylic acids is 1. The molecule has 0 aromatic rings. The second-order valence-corrected chi connectivity index (χ2v) is 2.39. The van der Waals surface area contributed by atoms with Crippen LogP contribution in [0.25, 0.3) is 0 Å². The van der Waals surface area contributed by atoms with Crippen molar-refractivity contribution < 1.29 is 19.0 Å². The van der Waals surface area contributed by atoms with Crippen LogP contribution in [0.3, 0.4) is 0 Å². The van der Waals surface area contributed by atoms with E-state index in [0.29, 0.717) is 19.8 Å². The van der Waals surface area contributed by atoms with E-state index in [1.54, 1.807) is 0 Å². The van der Waals surface area contributed by atoms with Crippen LogP contribution < -0.4 is 5.73 Å². The Hall–Kier alpha value is -0.810. The summed E-state index contributed by atoms with van der Waals surface area (Å²) < 4.78 is 14.7. The van der Waals surface area contributed by atoms with Crippen LogP contribution in [0.1, 0.15) is 13.3 Å². The molecule has 0 aliphatic carbocycles. The largest absolute Gasteiger partial charge is 0.447 e. The van der Waals surface area contributed by atoms with Crippen molar-refractivity contribution in [1.82, 2.24) is 0 Å². The first-order valence-electron chi connectivity index (χ1n) is 4.35. The second-order valence-electron chi connectivity index (χ2n) is 2.39. The molecule has 13 heavy (non-hydrogen) atoms. The lowest BCUT2D eigenvalue weighted by Crippen LogP contribution is -2.17. The monoisotopic (exact) mass is 191 g/mol. The first kappa shape index (κ1) is 12.2. The third-order valence-corrected chi connectivity index (χ3v) is 1.19. The molecule has 0 bridgehead atoms. The highest BCUT2D eigenvalue weighted by Gasteiger charge is 1.93. The van der Waals surface area contributed by atoms with Gasteiger partial charge in [-0.05, 0) is 6.42 Å². The standard InChI is InChI=1S/C8H17NO4/c1-2-3-11-4-5-12-6-7-13-8(9)10/h2-7H2,1H3,(H2,9,10). The van der Waals surface area contributed by atoms with Gasteiger partial charge >= 0.3 is 6.09 Å². The fourth-order valence-corrected chi connectivity index (χ4v) is 0.667. The molecule has 0 saturated carbocycles. The minimum atomic E-state index is -0.772. The van der Waals surface area contributed by atoms with Gasteiger partial charge in [-0.1, -0.05) is 6.92 Å². The van der Waals surface area contributed by atoms with Gasteiger partial charge in [0.25, 0.3) is 0 Å². The molecule has 5 heteroatoms. The van der Waals surface area contributed by atoms with Gasteiger partial charge in [-0.3, -0.25) is 0 Å². The van der Waals surface area contributed by atoms with Crippen LogP contribution in [0.15, 0.2) is 0 Å². The Labute approximate surface area is 78.1 Å². The lowest BCUT2D eigenvalue weighted by Gasteiger charge is -2.04. The molecule has 2 N–H and O–H groups in total. The summed E-state index contributed by atoms with van der Waals surface area (Å²) in [4.78, 5) is 10.1. The predicted octanol–water partition coefficient (Wildman–Crippen LogP) is 0.525. The molecule has 0 rings (SSSR count). The molecule has 0 atom stereocenters. The Morgan fingerprint density at radius 2 is 1.62 bits per heavy atom. The highest BCUT2D eigenvalue weighted by molar-refractivity contribution is 5.64. The van der Waals surface area contributed by atoms with Crippen LogP contribution in [-0.2, 0) is 14.2 Å². The molecule has 0 aromatic carbocycles. The third-order valence-electron chi connectivity index (χ3n) is 1.19. The van der Waals surface area contributed by atoms with Crippen LogP contribution >= 0.6 is 0 Å². The number of carbonyl (C=O) groups is 1. The molecular formula is C8H17NO4. The number of nitrogens with two attached hydrogens (primary N) is 1. The summed E-state index contributed by atoms with van der Waals surface area (Å²) in [6.45, 7) is 4.44. The van der Waals surface area contributed by atoms with Gasteiger partial charge in [0.2, 0.25) is 0 Å². The summed E-state index contributed by atoms with van der Waals surface area (Å²) >= 11 is 0. The van der Waals surface area contributed by atoms with Crippen molar-refractivity contribution in [2.75, 3.05) is 33.0 Å². The van der Waals surface area contributed by atoms with Crippen LogP contribution in [0, 0.1) is 0 Å². The van der Waals surface area contributed by atoms with Crippen molar-refractivity contribution in [3.63, 3.8) is 0 Å². The molecule has 0 aliphatic heterocycles. The van der Waals surface area contributed by atoms with Crippen molar-refractivity contribution in [1.29, 1.82) is 0 Å². The molecule has 78 valence electrons. The molecular weight excluding hydrogens is 174 g/mol. The topological polar surface area (TPSA) is 70.8 Å². The van der Waals surface area contributed by atoms with E-state index < -0.39 is 6.09 Å². The second kappa shape index (κ2) is 9.28. The smallest absolute Gasteiger partial charge is 0.404 e. The minimum Gasteiger partial charge on any atom is -0.447 e. The van der Waals surface area contributed by atoms with E-state index in [4.69, 9.17) is 15.2 Å². The van der Waals surface area contributed by atoms with E-state index >= 15 is 0 Å². The number of ether oxygens (including phenoxy) is 3. The van der Waals surface area contributed by atoms with E-state index in [1.165, 1.54) is 0 Å². The molecule has 0 aromatic heterocycles. The third kappa shape index (κ3) is 11.2. The quantitative estimate of drug-likeness (QED) is 0.568. The molecule has 1 amide bonds. The summed E-state index contributed by atoms with van der Waals surface area (Å²) in [5, 5.41) is 0. The first-order chi connectivity index (χ1) is 6.27. The van der Waals surface area contributed by atoms with E-state index in [-0.39, 0.29) is 6.61 Å². The lowest BCUT2D eigenvalue weighted by atomic mass is 10.5. The zero-order valence-electron chi connectivity index (χ0n) is 7.95. The zero-order chi connectivity index (χ0) is 9.94. The van der Waals surface area contributed by atoms with Gasteiger partial charge in [-0.15, -0.1) is 0 Å². The number of rotatable bonds is 8. The van der Waals surface area contributed by atoms with E-state index in [1.807, 2.05) is 6.92 Å². The van der Waals surface area contributed by atoms with Crippen LogP contribution in [0.4, 0.5) is 4.79 Å². The molecule has 0 spiro atoms. The number of primary amides is 1. The normalized spacial score (nSPS) is 9.92. The molecule has 0 fully saturated rings. The number of amides is 1. The predicted molar refractivity (Wildman–Crippen MR) is 47.5 cm³/mol. The highest BCUT2D eigenvalue weighted by atomic mass is 16.6. The maximum atomic E-state index is 10.1. The van der Waals surface area contributed by atoms with Crippen molar-refractivity contribution in [3.05, 3.63) is 0 Å². The van der Waals surface area contributed by atoms with Crippen LogP contribution in [0.2, 0.25) is 0 Å². The molecule has 5 nitrogen and oxygen atoms in total. The Bertz CT molecular complexity index is 129. The van der Waals surface area contributed by atoms with Gasteiger partial charge < -0.3 is 19.9 Å².